The van der Waals surface area contributed by atoms with Crippen molar-refractivity contribution >= 4 is 0 Å². The summed E-state index contributed by atoms with van der Waals surface area (Å²) in [5.41, 5.74) is 0.176. The molecule has 1 saturated heterocycles. The molecular formula is C10H15N. The fourth-order valence-electron chi connectivity index (χ4n) is 1.54. The van der Waals surface area contributed by atoms with E-state index in [0.717, 1.165) is 0 Å². The third kappa shape index (κ3) is 1.32. The Morgan fingerprint density at radius 2 is 2.09 bits per heavy atom. The van der Waals surface area contributed by atoms with E-state index in [0.29, 0.717) is 6.04 Å². The van der Waals surface area contributed by atoms with Gasteiger partial charge in [0.2, 0.25) is 0 Å². The molecule has 3 atom stereocenters. The summed E-state index contributed by atoms with van der Waals surface area (Å²) in [6.07, 6.45) is 7.27. The highest BCUT2D eigenvalue weighted by Crippen LogP contribution is 2.36. The van der Waals surface area contributed by atoms with Crippen LogP contribution in [0.4, 0.5) is 0 Å². The maximum Gasteiger partial charge on any atom is 0.0916 e. The van der Waals surface area contributed by atoms with Crippen molar-refractivity contribution in [3.05, 3.63) is 12.7 Å². The van der Waals surface area contributed by atoms with Gasteiger partial charge in [-0.2, -0.15) is 0 Å². The summed E-state index contributed by atoms with van der Waals surface area (Å²) in [7, 11) is 0. The molecule has 0 amide bonds. The van der Waals surface area contributed by atoms with Crippen LogP contribution in [-0.2, 0) is 0 Å². The van der Waals surface area contributed by atoms with E-state index in [1.165, 1.54) is 0 Å². The first-order valence-electron chi connectivity index (χ1n) is 3.89. The molecule has 11 heavy (non-hydrogen) atoms. The Morgan fingerprint density at radius 3 is 2.18 bits per heavy atom. The van der Waals surface area contributed by atoms with Crippen LogP contribution >= 0.6 is 0 Å². The van der Waals surface area contributed by atoms with E-state index in [1.54, 1.807) is 0 Å². The Bertz CT molecular complexity index is 204. The molecule has 0 bridgehead atoms. The number of hydrogen-bond acceptors (Lipinski definition) is 1. The lowest BCUT2D eigenvalue weighted by Gasteiger charge is -2.20. The smallest absolute Gasteiger partial charge is 0.0916 e. The highest BCUT2D eigenvalue weighted by atomic mass is 15.4. The highest BCUT2D eigenvalue weighted by Gasteiger charge is 2.50. The molecule has 0 aromatic carbocycles. The maximum absolute atomic E-state index is 5.35. The highest BCUT2D eigenvalue weighted by molar-refractivity contribution is 5.26. The SMILES string of the molecule is C#C[C@@H]1[C@@H](C=C)N1C(C)(C)C. The third-order valence-electron chi connectivity index (χ3n) is 2.04. The summed E-state index contributed by atoms with van der Waals surface area (Å²) in [4.78, 5) is 2.28. The number of terminal acetylenes is 1. The van der Waals surface area contributed by atoms with E-state index in [4.69, 9.17) is 6.42 Å². The first-order chi connectivity index (χ1) is 5.02. The zero-order valence-corrected chi connectivity index (χ0v) is 7.46. The molecule has 1 aliphatic heterocycles. The molecule has 1 unspecified atom stereocenters. The lowest BCUT2D eigenvalue weighted by Crippen LogP contribution is -2.28. The minimum atomic E-state index is 0.176. The molecule has 1 fully saturated rings. The van der Waals surface area contributed by atoms with Crippen LogP contribution in [0.25, 0.3) is 0 Å². The molecule has 1 aliphatic rings. The average Bonchev–Trinajstić information content (AvgIpc) is 2.58. The molecule has 0 N–H and O–H groups in total. The lowest BCUT2D eigenvalue weighted by molar-refractivity contribution is 0.287. The van der Waals surface area contributed by atoms with Gasteiger partial charge in [0.15, 0.2) is 0 Å². The minimum absolute atomic E-state index is 0.176. The molecule has 1 rings (SSSR count). The number of rotatable bonds is 1. The summed E-state index contributed by atoms with van der Waals surface area (Å²) in [5.74, 6) is 2.75. The van der Waals surface area contributed by atoms with E-state index < -0.39 is 0 Å². The molecule has 0 spiro atoms. The van der Waals surface area contributed by atoms with Crippen LogP contribution in [-0.4, -0.2) is 22.5 Å². The zero-order valence-electron chi connectivity index (χ0n) is 7.46. The standard InChI is InChI=1S/C10H15N/c1-6-8-9(7-2)11(8)10(3,4)5/h1,7-9H,2H2,3-5H3/t8-,9-,11?/m1/s1. The van der Waals surface area contributed by atoms with Crippen LogP contribution in [0.15, 0.2) is 12.7 Å². The molecular weight excluding hydrogens is 134 g/mol. The van der Waals surface area contributed by atoms with Gasteiger partial charge in [-0.15, -0.1) is 13.0 Å². The fraction of sp³-hybridized carbons (Fsp3) is 0.600. The van der Waals surface area contributed by atoms with Crippen LogP contribution in [0.5, 0.6) is 0 Å². The first kappa shape index (κ1) is 8.36. The molecule has 1 nitrogen and oxygen atoms in total. The minimum Gasteiger partial charge on any atom is -0.274 e. The van der Waals surface area contributed by atoms with Crippen molar-refractivity contribution in [3.63, 3.8) is 0 Å². The second-order valence-electron chi connectivity index (χ2n) is 3.92. The summed E-state index contributed by atoms with van der Waals surface area (Å²) in [6.45, 7) is 10.2. The predicted molar refractivity (Wildman–Crippen MR) is 48.2 cm³/mol. The van der Waals surface area contributed by atoms with Crippen molar-refractivity contribution in [1.82, 2.24) is 4.90 Å². The van der Waals surface area contributed by atoms with E-state index in [2.05, 4.69) is 38.2 Å². The molecule has 0 aromatic heterocycles. The van der Waals surface area contributed by atoms with E-state index in [9.17, 15) is 0 Å². The van der Waals surface area contributed by atoms with Gasteiger partial charge in [0, 0.05) is 5.54 Å². The summed E-state index contributed by atoms with van der Waals surface area (Å²) in [6, 6.07) is 0.687. The van der Waals surface area contributed by atoms with Crippen LogP contribution < -0.4 is 0 Å². The maximum atomic E-state index is 5.35. The third-order valence-corrected chi connectivity index (χ3v) is 2.04. The molecule has 0 aromatic rings. The van der Waals surface area contributed by atoms with Crippen LogP contribution in [0.2, 0.25) is 0 Å². The number of nitrogens with zero attached hydrogens (tertiary/aromatic N) is 1. The summed E-state index contributed by atoms with van der Waals surface area (Å²) in [5, 5.41) is 0. The van der Waals surface area contributed by atoms with Gasteiger partial charge in [-0.1, -0.05) is 12.0 Å². The molecule has 1 heteroatoms. The van der Waals surface area contributed by atoms with Crippen LogP contribution in [0.3, 0.4) is 0 Å². The average molecular weight is 149 g/mol. The molecule has 0 saturated carbocycles. The van der Waals surface area contributed by atoms with Crippen molar-refractivity contribution in [2.45, 2.75) is 38.4 Å². The van der Waals surface area contributed by atoms with Gasteiger partial charge in [-0.3, -0.25) is 4.90 Å². The van der Waals surface area contributed by atoms with Gasteiger partial charge in [0.1, 0.15) is 0 Å². The Morgan fingerprint density at radius 1 is 1.55 bits per heavy atom. The van der Waals surface area contributed by atoms with Gasteiger partial charge in [0.05, 0.1) is 12.1 Å². The topological polar surface area (TPSA) is 3.01 Å². The van der Waals surface area contributed by atoms with Crippen molar-refractivity contribution in [1.29, 1.82) is 0 Å². The first-order valence-corrected chi connectivity index (χ1v) is 3.89. The Labute approximate surface area is 69.1 Å². The van der Waals surface area contributed by atoms with Crippen molar-refractivity contribution < 1.29 is 0 Å². The second kappa shape index (κ2) is 2.39. The van der Waals surface area contributed by atoms with Crippen molar-refractivity contribution in [3.8, 4) is 12.3 Å². The van der Waals surface area contributed by atoms with Crippen LogP contribution in [0.1, 0.15) is 20.8 Å². The van der Waals surface area contributed by atoms with Gasteiger partial charge in [0.25, 0.3) is 0 Å². The number of hydrogen-bond donors (Lipinski definition) is 0. The Balaban J connectivity index is 2.67. The molecule has 60 valence electrons. The second-order valence-corrected chi connectivity index (χ2v) is 3.92. The fourth-order valence-corrected chi connectivity index (χ4v) is 1.54. The monoisotopic (exact) mass is 149 g/mol. The Hall–Kier alpha value is -0.740. The van der Waals surface area contributed by atoms with Gasteiger partial charge in [-0.05, 0) is 20.8 Å². The van der Waals surface area contributed by atoms with Crippen molar-refractivity contribution in [2.75, 3.05) is 0 Å². The molecule has 0 aliphatic carbocycles. The molecule has 1 heterocycles. The van der Waals surface area contributed by atoms with E-state index in [-0.39, 0.29) is 11.6 Å². The zero-order chi connectivity index (χ0) is 8.65. The van der Waals surface area contributed by atoms with E-state index >= 15 is 0 Å². The van der Waals surface area contributed by atoms with E-state index in [1.807, 2.05) is 6.08 Å². The molecule has 0 radical (unpaired) electrons. The van der Waals surface area contributed by atoms with Crippen LogP contribution in [0, 0.1) is 12.3 Å². The van der Waals surface area contributed by atoms with Gasteiger partial charge < -0.3 is 0 Å². The summed E-state index contributed by atoms with van der Waals surface area (Å²) < 4.78 is 0. The predicted octanol–water partition coefficient (Wildman–Crippen LogP) is 1.66. The van der Waals surface area contributed by atoms with Crippen molar-refractivity contribution in [2.24, 2.45) is 0 Å². The van der Waals surface area contributed by atoms with Gasteiger partial charge >= 0.3 is 0 Å². The summed E-state index contributed by atoms with van der Waals surface area (Å²) >= 11 is 0. The normalized spacial score (nSPS) is 36.0. The quantitative estimate of drug-likeness (QED) is 0.311. The largest absolute Gasteiger partial charge is 0.274 e. The lowest BCUT2D eigenvalue weighted by atomic mass is 10.1. The Kier molecular flexibility index (Phi) is 1.82. The van der Waals surface area contributed by atoms with Gasteiger partial charge in [-0.25, -0.2) is 0 Å².